The first kappa shape index (κ1) is 13.6. The Morgan fingerprint density at radius 1 is 1.00 bits per heavy atom. The molecule has 0 atom stereocenters. The van der Waals surface area contributed by atoms with E-state index in [1.54, 1.807) is 0 Å². The molecule has 0 aliphatic carbocycles. The fraction of sp³-hybridized carbons (Fsp3) is 0.211. The van der Waals surface area contributed by atoms with Crippen LogP contribution in [0.15, 0.2) is 54.6 Å². The zero-order valence-electron chi connectivity index (χ0n) is 12.2. The Kier molecular flexibility index (Phi) is 4.15. The van der Waals surface area contributed by atoms with Crippen LogP contribution < -0.4 is 4.74 Å². The number of rotatable bonds is 5. The Hall–Kier alpha value is -2.35. The molecule has 0 amide bonds. The third-order valence-corrected chi connectivity index (χ3v) is 3.47. The molecule has 21 heavy (non-hydrogen) atoms. The van der Waals surface area contributed by atoms with E-state index in [0.29, 0.717) is 0 Å². The third kappa shape index (κ3) is 2.89. The van der Waals surface area contributed by atoms with Crippen molar-refractivity contribution in [3.8, 4) is 16.9 Å². The van der Waals surface area contributed by atoms with Gasteiger partial charge in [-0.15, -0.1) is 0 Å². The van der Waals surface area contributed by atoms with Gasteiger partial charge in [-0.05, 0) is 24.1 Å². The van der Waals surface area contributed by atoms with Gasteiger partial charge >= 0.3 is 0 Å². The molecule has 3 aromatic rings. The van der Waals surface area contributed by atoms with E-state index in [0.717, 1.165) is 47.2 Å². The topological polar surface area (TPSA) is 22.1 Å². The smallest absolute Gasteiger partial charge is 0.138 e. The normalized spacial score (nSPS) is 10.7. The number of fused-ring (bicyclic) bond motifs is 1. The number of ether oxygens (including phenoxy) is 1. The lowest BCUT2D eigenvalue weighted by atomic mass is 10.0. The predicted octanol–water partition coefficient (Wildman–Crippen LogP) is 4.88. The highest BCUT2D eigenvalue weighted by Gasteiger charge is 2.12. The summed E-state index contributed by atoms with van der Waals surface area (Å²) in [7, 11) is 0. The van der Waals surface area contributed by atoms with Crippen LogP contribution in [0, 0.1) is 6.20 Å². The van der Waals surface area contributed by atoms with Crippen LogP contribution in [0.25, 0.3) is 22.0 Å². The van der Waals surface area contributed by atoms with Crippen molar-refractivity contribution in [3.63, 3.8) is 0 Å². The van der Waals surface area contributed by atoms with E-state index >= 15 is 0 Å². The lowest BCUT2D eigenvalue weighted by Gasteiger charge is -2.13. The monoisotopic (exact) mass is 276 g/mol. The number of para-hydroxylation sites is 1. The van der Waals surface area contributed by atoms with Crippen molar-refractivity contribution < 1.29 is 4.74 Å². The summed E-state index contributed by atoms with van der Waals surface area (Å²) >= 11 is 0. The Labute approximate surface area is 125 Å². The van der Waals surface area contributed by atoms with Crippen molar-refractivity contribution >= 4 is 10.9 Å². The maximum atomic E-state index is 6.07. The van der Waals surface area contributed by atoms with Crippen molar-refractivity contribution in [2.75, 3.05) is 6.61 Å². The van der Waals surface area contributed by atoms with E-state index in [-0.39, 0.29) is 0 Å². The molecule has 0 unspecified atom stereocenters. The van der Waals surface area contributed by atoms with Gasteiger partial charge in [0, 0.05) is 5.39 Å². The van der Waals surface area contributed by atoms with Gasteiger partial charge in [0.1, 0.15) is 11.9 Å². The van der Waals surface area contributed by atoms with Crippen molar-refractivity contribution in [1.82, 2.24) is 4.98 Å². The maximum Gasteiger partial charge on any atom is 0.138 e. The molecule has 2 nitrogen and oxygen atoms in total. The number of nitrogens with zero attached hydrogens (tertiary/aromatic N) is 1. The molecule has 0 fully saturated rings. The standard InChI is InChI=1S/C19H18NO/c1-2-3-13-21-19-16-11-7-8-12-18(16)20-14-17(19)15-9-5-4-6-10-15/h4-12H,2-3,13H2,1H3. The number of pyridine rings is 1. The van der Waals surface area contributed by atoms with Gasteiger partial charge in [-0.1, -0.05) is 55.8 Å². The van der Waals surface area contributed by atoms with Crippen molar-refractivity contribution in [1.29, 1.82) is 0 Å². The Morgan fingerprint density at radius 2 is 1.76 bits per heavy atom. The minimum Gasteiger partial charge on any atom is -0.492 e. The minimum absolute atomic E-state index is 0.720. The van der Waals surface area contributed by atoms with Gasteiger partial charge in [0.15, 0.2) is 0 Å². The number of hydrogen-bond acceptors (Lipinski definition) is 2. The fourth-order valence-corrected chi connectivity index (χ4v) is 2.33. The van der Waals surface area contributed by atoms with Crippen LogP contribution in [-0.4, -0.2) is 11.6 Å². The highest BCUT2D eigenvalue weighted by Crippen LogP contribution is 2.35. The van der Waals surface area contributed by atoms with Gasteiger partial charge in [-0.3, -0.25) is 0 Å². The molecule has 105 valence electrons. The van der Waals surface area contributed by atoms with Gasteiger partial charge in [-0.2, -0.15) is 0 Å². The summed E-state index contributed by atoms with van der Waals surface area (Å²) in [4.78, 5) is 4.44. The van der Waals surface area contributed by atoms with Crippen LogP contribution >= 0.6 is 0 Å². The van der Waals surface area contributed by atoms with Crippen LogP contribution in [0.1, 0.15) is 19.8 Å². The number of unbranched alkanes of at least 4 members (excludes halogenated alkanes) is 1. The summed E-state index contributed by atoms with van der Waals surface area (Å²) in [5.41, 5.74) is 2.94. The van der Waals surface area contributed by atoms with E-state index < -0.39 is 0 Å². The van der Waals surface area contributed by atoms with Crippen LogP contribution in [0.4, 0.5) is 0 Å². The van der Waals surface area contributed by atoms with E-state index in [1.807, 2.05) is 36.4 Å². The van der Waals surface area contributed by atoms with Crippen LogP contribution in [-0.2, 0) is 0 Å². The molecule has 3 rings (SSSR count). The van der Waals surface area contributed by atoms with Crippen LogP contribution in [0.5, 0.6) is 5.75 Å². The first-order valence-corrected chi connectivity index (χ1v) is 7.39. The van der Waals surface area contributed by atoms with E-state index in [4.69, 9.17) is 4.74 Å². The number of hydrogen-bond donors (Lipinski definition) is 0. The molecule has 0 saturated carbocycles. The van der Waals surface area contributed by atoms with Gasteiger partial charge in [-0.25, -0.2) is 4.98 Å². The van der Waals surface area contributed by atoms with Crippen molar-refractivity contribution in [2.45, 2.75) is 19.8 Å². The lowest BCUT2D eigenvalue weighted by Crippen LogP contribution is -2.00. The highest BCUT2D eigenvalue weighted by molar-refractivity contribution is 5.91. The molecule has 0 saturated heterocycles. The number of aromatic nitrogens is 1. The highest BCUT2D eigenvalue weighted by atomic mass is 16.5. The van der Waals surface area contributed by atoms with Gasteiger partial charge in [0.25, 0.3) is 0 Å². The largest absolute Gasteiger partial charge is 0.492 e. The Bertz CT molecular complexity index is 722. The molecular weight excluding hydrogens is 258 g/mol. The summed E-state index contributed by atoms with van der Waals surface area (Å²) in [6.07, 6.45) is 5.31. The van der Waals surface area contributed by atoms with Gasteiger partial charge < -0.3 is 4.74 Å². The molecular formula is C19H18NO. The minimum atomic E-state index is 0.720. The first-order chi connectivity index (χ1) is 10.4. The molecule has 0 aliphatic rings. The third-order valence-electron chi connectivity index (χ3n) is 3.47. The number of benzene rings is 2. The van der Waals surface area contributed by atoms with Gasteiger partial charge in [0.05, 0.1) is 17.7 Å². The average molecular weight is 276 g/mol. The quantitative estimate of drug-likeness (QED) is 0.619. The summed E-state index contributed by atoms with van der Waals surface area (Å²) in [5.74, 6) is 0.889. The second-order valence-electron chi connectivity index (χ2n) is 5.01. The van der Waals surface area contributed by atoms with Crippen molar-refractivity contribution in [2.24, 2.45) is 0 Å². The summed E-state index contributed by atoms with van der Waals surface area (Å²) < 4.78 is 6.07. The first-order valence-electron chi connectivity index (χ1n) is 7.39. The summed E-state index contributed by atoms with van der Waals surface area (Å²) in [5, 5.41) is 1.05. The Balaban J connectivity index is 2.12. The second kappa shape index (κ2) is 6.40. The Morgan fingerprint density at radius 3 is 2.57 bits per heavy atom. The summed E-state index contributed by atoms with van der Waals surface area (Å²) in [6, 6.07) is 18.2. The lowest BCUT2D eigenvalue weighted by molar-refractivity contribution is 0.314. The predicted molar refractivity (Wildman–Crippen MR) is 86.4 cm³/mol. The summed E-state index contributed by atoms with van der Waals surface area (Å²) in [6.45, 7) is 2.89. The zero-order valence-corrected chi connectivity index (χ0v) is 12.2. The van der Waals surface area contributed by atoms with Crippen molar-refractivity contribution in [3.05, 3.63) is 60.8 Å². The molecule has 1 heterocycles. The SMILES string of the molecule is CCCCOc1c(-c2ccccc2)[c]nc2ccccc12. The molecule has 0 spiro atoms. The molecule has 1 radical (unpaired) electrons. The van der Waals surface area contributed by atoms with E-state index in [1.165, 1.54) is 0 Å². The van der Waals surface area contributed by atoms with Crippen LogP contribution in [0.2, 0.25) is 0 Å². The molecule has 2 aromatic carbocycles. The van der Waals surface area contributed by atoms with Crippen LogP contribution in [0.3, 0.4) is 0 Å². The molecule has 0 bridgehead atoms. The fourth-order valence-electron chi connectivity index (χ4n) is 2.33. The molecule has 0 N–H and O–H groups in total. The second-order valence-corrected chi connectivity index (χ2v) is 5.01. The molecule has 2 heteroatoms. The molecule has 0 aliphatic heterocycles. The van der Waals surface area contributed by atoms with Gasteiger partial charge in [0.2, 0.25) is 0 Å². The average Bonchev–Trinajstić information content (AvgIpc) is 2.56. The van der Waals surface area contributed by atoms with E-state index in [9.17, 15) is 0 Å². The maximum absolute atomic E-state index is 6.07. The zero-order chi connectivity index (χ0) is 14.5. The van der Waals surface area contributed by atoms with E-state index in [2.05, 4.69) is 36.3 Å². The molecule has 1 aromatic heterocycles.